The van der Waals surface area contributed by atoms with Gasteiger partial charge in [0.05, 0.1) is 44.4 Å². The number of pyridine rings is 1. The van der Waals surface area contributed by atoms with Crippen molar-refractivity contribution in [3.63, 3.8) is 0 Å². The average molecular weight is 987 g/mol. The molecule has 75 heavy (non-hydrogen) atoms. The van der Waals surface area contributed by atoms with Crippen molar-refractivity contribution in [1.29, 1.82) is 0 Å². The molecular formula is C70H66N4O. The fourth-order valence-corrected chi connectivity index (χ4v) is 10.6. The SMILES string of the molecule is [2H]c1c([2H])c([2H])c2c(c1[2H])-c1cc(C(C)(C)C)cc(-c3ccc(C(C)(C)C)cc3)c1-[n+]1[c-]n(-c3cccc(Oc4ccc5c6ccccc6n(-c6cc(C(C)(C)C)ccn6)c5c4)c3)c3cc(C(C)(C)C)cc(c31)-c1c([2H])c([2H])c([2H])c([2H])c1-2. The Hall–Kier alpha value is -8.02. The predicted octanol–water partition coefficient (Wildman–Crippen LogP) is 18.2. The van der Waals surface area contributed by atoms with Crippen LogP contribution in [0.4, 0.5) is 0 Å². The Bertz CT molecular complexity index is 4540. The summed E-state index contributed by atoms with van der Waals surface area (Å²) in [5.74, 6) is 1.97. The Morgan fingerprint density at radius 2 is 1.04 bits per heavy atom. The van der Waals surface area contributed by atoms with E-state index in [4.69, 9.17) is 9.72 Å². The summed E-state index contributed by atoms with van der Waals surface area (Å²) in [5.41, 5.74) is 9.93. The number of para-hydroxylation sites is 1. The summed E-state index contributed by atoms with van der Waals surface area (Å²) in [7, 11) is 0. The molecule has 0 radical (unpaired) electrons. The van der Waals surface area contributed by atoms with Gasteiger partial charge >= 0.3 is 0 Å². The number of hydrogen-bond donors (Lipinski definition) is 0. The van der Waals surface area contributed by atoms with E-state index >= 15 is 0 Å². The molecule has 0 bridgehead atoms. The van der Waals surface area contributed by atoms with Crippen LogP contribution in [0.25, 0.3) is 94.5 Å². The zero-order chi connectivity index (χ0) is 59.3. The molecule has 4 heterocycles. The van der Waals surface area contributed by atoms with E-state index in [9.17, 15) is 11.0 Å². The quantitative estimate of drug-likeness (QED) is 0.127. The van der Waals surface area contributed by atoms with Gasteiger partial charge in [-0.3, -0.25) is 13.7 Å². The lowest BCUT2D eigenvalue weighted by Gasteiger charge is -2.26. The average Bonchev–Trinajstić information content (AvgIpc) is 2.43. The molecule has 3 aromatic heterocycles. The Morgan fingerprint density at radius 3 is 1.71 bits per heavy atom. The number of ether oxygens (including phenoxy) is 1. The minimum atomic E-state index is -0.515. The van der Waals surface area contributed by atoms with Gasteiger partial charge in [-0.25, -0.2) is 4.98 Å². The van der Waals surface area contributed by atoms with Gasteiger partial charge < -0.3 is 4.74 Å². The highest BCUT2D eigenvalue weighted by molar-refractivity contribution is 6.09. The topological polar surface area (TPSA) is 35.9 Å². The van der Waals surface area contributed by atoms with Crippen LogP contribution in [-0.2, 0) is 21.7 Å². The van der Waals surface area contributed by atoms with Gasteiger partial charge in [0.15, 0.2) is 0 Å². The molecule has 5 nitrogen and oxygen atoms in total. The van der Waals surface area contributed by atoms with Crippen molar-refractivity contribution >= 4 is 32.8 Å². The first-order chi connectivity index (χ1) is 39.0. The predicted molar refractivity (Wildman–Crippen MR) is 312 cm³/mol. The number of imidazole rings is 1. The highest BCUT2D eigenvalue weighted by Crippen LogP contribution is 2.48. The minimum absolute atomic E-state index is 0.00891. The van der Waals surface area contributed by atoms with Gasteiger partial charge in [-0.1, -0.05) is 198 Å². The third-order valence-electron chi connectivity index (χ3n) is 14.8. The normalized spacial score (nSPS) is 14.3. The van der Waals surface area contributed by atoms with Gasteiger partial charge in [0, 0.05) is 23.0 Å². The molecule has 0 unspecified atom stereocenters. The third-order valence-corrected chi connectivity index (χ3v) is 14.8. The van der Waals surface area contributed by atoms with Crippen LogP contribution in [0.1, 0.15) is 116 Å². The van der Waals surface area contributed by atoms with Crippen LogP contribution in [0, 0.1) is 6.33 Å². The number of aromatic nitrogens is 4. The molecule has 0 atom stereocenters. The lowest BCUT2D eigenvalue weighted by Crippen LogP contribution is -2.32. The second kappa shape index (κ2) is 17.3. The Morgan fingerprint density at radius 1 is 0.467 bits per heavy atom. The minimum Gasteiger partial charge on any atom is -0.458 e. The van der Waals surface area contributed by atoms with Crippen molar-refractivity contribution in [3.05, 3.63) is 211 Å². The summed E-state index contributed by atoms with van der Waals surface area (Å²) in [4.78, 5) is 4.90. The lowest BCUT2D eigenvalue weighted by molar-refractivity contribution is -0.570. The van der Waals surface area contributed by atoms with Gasteiger partial charge in [-0.2, -0.15) is 0 Å². The maximum atomic E-state index is 9.95. The van der Waals surface area contributed by atoms with Crippen LogP contribution >= 0.6 is 0 Å². The largest absolute Gasteiger partial charge is 0.458 e. The highest BCUT2D eigenvalue weighted by atomic mass is 16.5. The van der Waals surface area contributed by atoms with E-state index in [1.54, 1.807) is 0 Å². The fourth-order valence-electron chi connectivity index (χ4n) is 10.6. The van der Waals surface area contributed by atoms with Crippen molar-refractivity contribution in [1.82, 2.24) is 14.1 Å². The van der Waals surface area contributed by atoms with Gasteiger partial charge in [0.25, 0.3) is 6.33 Å². The van der Waals surface area contributed by atoms with Crippen molar-refractivity contribution in [3.8, 4) is 73.2 Å². The standard InChI is InChI=1S/C70H66N4O/c1-67(2,3)45-30-28-44(29-31-45)58-36-47(69(7,8)9)37-59-54-24-15-13-22-52(54)53-23-14-16-25-55(53)60-38-48(70(10,11)12)39-63-66(60)73(65(58)59)43-72(63)49-20-19-21-50(41-49)75-51-32-33-57-56-26-17-18-27-61(56)74(62(57)42-51)64-40-46(34-35-71-64)68(4,5)6/h13-42H,1-12H3/i13D,14D,15D,16D,22D,23D,24D,25D. The molecule has 0 fully saturated rings. The van der Waals surface area contributed by atoms with E-state index in [1.807, 2.05) is 63.9 Å². The van der Waals surface area contributed by atoms with E-state index < -0.39 is 47.1 Å². The van der Waals surface area contributed by atoms with Gasteiger partial charge in [-0.05, 0) is 143 Å². The first-order valence-electron chi connectivity index (χ1n) is 29.9. The number of benzene rings is 8. The summed E-state index contributed by atoms with van der Waals surface area (Å²) in [6.45, 7) is 25.7. The molecule has 0 saturated heterocycles. The fraction of sp³-hybridized carbons (Fsp3) is 0.229. The second-order valence-electron chi connectivity index (χ2n) is 24.2. The van der Waals surface area contributed by atoms with Crippen molar-refractivity contribution in [2.45, 2.75) is 105 Å². The van der Waals surface area contributed by atoms with Crippen LogP contribution in [0.3, 0.4) is 0 Å². The first kappa shape index (κ1) is 39.4. The molecule has 0 spiro atoms. The Balaban J connectivity index is 1.18. The number of hydrogen-bond acceptors (Lipinski definition) is 2. The third kappa shape index (κ3) is 8.34. The smallest absolute Gasteiger partial charge is 0.269 e. The molecule has 0 amide bonds. The molecule has 0 saturated carbocycles. The summed E-state index contributed by atoms with van der Waals surface area (Å²) < 4.78 is 89.5. The highest BCUT2D eigenvalue weighted by Gasteiger charge is 2.31. The molecule has 11 aromatic rings. The van der Waals surface area contributed by atoms with Gasteiger partial charge in [0.2, 0.25) is 0 Å². The van der Waals surface area contributed by atoms with Crippen LogP contribution < -0.4 is 9.30 Å². The maximum absolute atomic E-state index is 9.95. The summed E-state index contributed by atoms with van der Waals surface area (Å²) in [5, 5.41) is 2.16. The Kier molecular flexibility index (Phi) is 9.09. The van der Waals surface area contributed by atoms with E-state index in [-0.39, 0.29) is 45.2 Å². The molecule has 5 heteroatoms. The number of rotatable bonds is 5. The lowest BCUT2D eigenvalue weighted by atomic mass is 9.80. The van der Waals surface area contributed by atoms with Crippen molar-refractivity contribution in [2.24, 2.45) is 0 Å². The molecule has 0 aliphatic carbocycles. The molecule has 372 valence electrons. The monoisotopic (exact) mass is 987 g/mol. The van der Waals surface area contributed by atoms with E-state index in [0.29, 0.717) is 45.0 Å². The van der Waals surface area contributed by atoms with E-state index in [2.05, 4.69) is 173 Å². The summed E-state index contributed by atoms with van der Waals surface area (Å²) >= 11 is 0. The molecule has 0 N–H and O–H groups in total. The van der Waals surface area contributed by atoms with Crippen LogP contribution in [0.2, 0.25) is 0 Å². The van der Waals surface area contributed by atoms with E-state index in [0.717, 1.165) is 55.4 Å². The van der Waals surface area contributed by atoms with Gasteiger partial charge in [0.1, 0.15) is 17.3 Å². The molecule has 8 aromatic carbocycles. The number of fused-ring (bicyclic) bond motifs is 10. The molecule has 1 aliphatic heterocycles. The Labute approximate surface area is 454 Å². The molecular weight excluding hydrogens is 913 g/mol. The molecule has 12 rings (SSSR count). The van der Waals surface area contributed by atoms with Crippen LogP contribution in [0.15, 0.2) is 182 Å². The van der Waals surface area contributed by atoms with Crippen molar-refractivity contribution < 1.29 is 20.3 Å². The van der Waals surface area contributed by atoms with Crippen LogP contribution in [0.5, 0.6) is 11.5 Å². The number of nitrogens with zero attached hydrogens (tertiary/aromatic N) is 4. The van der Waals surface area contributed by atoms with E-state index in [1.165, 1.54) is 5.56 Å². The summed E-state index contributed by atoms with van der Waals surface area (Å²) in [6.07, 6.45) is 5.69. The summed E-state index contributed by atoms with van der Waals surface area (Å²) in [6, 6.07) is 39.8. The zero-order valence-electron chi connectivity index (χ0n) is 52.9. The first-order valence-corrected chi connectivity index (χ1v) is 25.9. The van der Waals surface area contributed by atoms with Gasteiger partial charge in [-0.15, -0.1) is 0 Å². The molecule has 1 aliphatic rings. The van der Waals surface area contributed by atoms with Crippen LogP contribution in [-0.4, -0.2) is 14.1 Å². The maximum Gasteiger partial charge on any atom is 0.269 e. The zero-order valence-corrected chi connectivity index (χ0v) is 44.9. The van der Waals surface area contributed by atoms with Crippen molar-refractivity contribution in [2.75, 3.05) is 0 Å². The second-order valence-corrected chi connectivity index (χ2v) is 24.2.